The lowest BCUT2D eigenvalue weighted by Gasteiger charge is -2.41. The smallest absolute Gasteiger partial charge is 0.460 e. The van der Waals surface area contributed by atoms with Crippen molar-refractivity contribution in [2.45, 2.75) is 141 Å². The Labute approximate surface area is 465 Å². The van der Waals surface area contributed by atoms with Crippen molar-refractivity contribution in [3.8, 4) is 0 Å². The van der Waals surface area contributed by atoms with Crippen LogP contribution in [0.4, 0.5) is 143 Å². The SMILES string of the molecule is CN1/C(=C/C=C2\CCCC(/C=C/C3=[N+](C)c4ccc(/C=C/C(F)(F)C(F)(F)C(F)(F)C(F)(F)C(F)(F)C(F)(F)C(F)(F)F)cc4C3(C)C)=C2Cl)C(C)(C)c2cc(/C=C/C(F)(F)C(F)(F)C(F)(F)C(F)(F)C(F)(F)C(F)(F)C(F)(F)F)ccc21.[Cl-]. The number of allylic oxidation sites excluding steroid dienone is 10. The standard InChI is InChI=1S/C50H38ClF30N2.ClH/c1-35(2)28-22-24(18-20-37(52,53)39(56,57)41(60,61)43(64,65)45(68,69)47(72,73)49(76,77)78)10-14-30(28)82(5)32(35)16-12-26-8-7-9-27(34(26)51)13-17-33-36(3,4)29-23-25(11-15-31(29)83(33)6)19-21-38(54,55)40(58,59)42(62,63)44(66,67)46(70,71)48(74,75)50(79,80)81;/h10-23H,7-9H2,1-6H3;1H/q+1;/p-1/b20-18+,21-19+;. The number of hydrogen-bond acceptors (Lipinski definition) is 1. The molecule has 0 saturated heterocycles. The van der Waals surface area contributed by atoms with E-state index in [2.05, 4.69) is 0 Å². The van der Waals surface area contributed by atoms with E-state index in [1.54, 1.807) is 12.2 Å². The van der Waals surface area contributed by atoms with Gasteiger partial charge in [-0.05, 0) is 103 Å². The number of fused-ring (bicyclic) bond motifs is 2. The molecular weight excluding hydrogens is 1270 g/mol. The Kier molecular flexibility index (Phi) is 18.1. The van der Waals surface area contributed by atoms with Crippen molar-refractivity contribution in [3.05, 3.63) is 117 Å². The molecule has 0 radical (unpaired) electrons. The lowest BCUT2D eigenvalue weighted by molar-refractivity contribution is -0.449. The van der Waals surface area contributed by atoms with Crippen molar-refractivity contribution in [1.82, 2.24) is 0 Å². The molecule has 0 bridgehead atoms. The highest BCUT2D eigenvalue weighted by atomic mass is 35.5. The van der Waals surface area contributed by atoms with Gasteiger partial charge in [-0.2, -0.15) is 136 Å². The van der Waals surface area contributed by atoms with E-state index in [-0.39, 0.29) is 52.1 Å². The predicted molar refractivity (Wildman–Crippen MR) is 240 cm³/mol. The molecule has 2 aromatic rings. The number of halogens is 32. The van der Waals surface area contributed by atoms with Crippen molar-refractivity contribution in [2.75, 3.05) is 19.0 Å². The highest BCUT2D eigenvalue weighted by molar-refractivity contribution is 6.32. The van der Waals surface area contributed by atoms with Gasteiger partial charge < -0.3 is 17.3 Å². The van der Waals surface area contributed by atoms with Crippen molar-refractivity contribution >= 4 is 40.8 Å². The molecule has 84 heavy (non-hydrogen) atoms. The van der Waals surface area contributed by atoms with Gasteiger partial charge in [-0.1, -0.05) is 55.8 Å². The third-order valence-electron chi connectivity index (χ3n) is 14.1. The molecule has 3 aliphatic rings. The van der Waals surface area contributed by atoms with Gasteiger partial charge in [-0.25, -0.2) is 0 Å². The molecule has 0 amide bonds. The van der Waals surface area contributed by atoms with Crippen LogP contribution in [0.3, 0.4) is 0 Å². The van der Waals surface area contributed by atoms with Crippen molar-refractivity contribution in [3.63, 3.8) is 0 Å². The van der Waals surface area contributed by atoms with Crippen molar-refractivity contribution < 1.29 is 149 Å². The second-order valence-corrected chi connectivity index (χ2v) is 20.6. The van der Waals surface area contributed by atoms with Gasteiger partial charge in [0.1, 0.15) is 7.05 Å². The summed E-state index contributed by atoms with van der Waals surface area (Å²) < 4.78 is 414. The molecule has 34 heteroatoms. The summed E-state index contributed by atoms with van der Waals surface area (Å²) in [5.74, 6) is -95.3. The normalized spacial score (nSPS) is 19.7. The van der Waals surface area contributed by atoms with Crippen molar-refractivity contribution in [2.24, 2.45) is 0 Å². The fourth-order valence-corrected chi connectivity index (χ4v) is 9.37. The second-order valence-electron chi connectivity index (χ2n) is 20.2. The van der Waals surface area contributed by atoms with Gasteiger partial charge in [-0.3, -0.25) is 0 Å². The summed E-state index contributed by atoms with van der Waals surface area (Å²) in [6.45, 7) is 6.13. The molecule has 472 valence electrons. The number of alkyl halides is 30. The van der Waals surface area contributed by atoms with Gasteiger partial charge in [0.15, 0.2) is 5.71 Å². The minimum atomic E-state index is -8.46. The van der Waals surface area contributed by atoms with Gasteiger partial charge >= 0.3 is 83.4 Å². The van der Waals surface area contributed by atoms with E-state index in [0.29, 0.717) is 41.8 Å². The Morgan fingerprint density at radius 1 is 0.464 bits per heavy atom. The minimum absolute atomic E-state index is 0. The topological polar surface area (TPSA) is 6.25 Å². The fourth-order valence-electron chi connectivity index (χ4n) is 9.05. The molecule has 0 fully saturated rings. The maximum absolute atomic E-state index is 14.7. The maximum Gasteiger partial charge on any atom is 0.460 e. The van der Waals surface area contributed by atoms with E-state index in [9.17, 15) is 132 Å². The number of hydrogen-bond donors (Lipinski definition) is 0. The Bertz CT molecular complexity index is 3090. The summed E-state index contributed by atoms with van der Waals surface area (Å²) in [5, 5.41) is 0.175. The summed E-state index contributed by atoms with van der Waals surface area (Å²) in [6, 6.07) is 6.16. The Morgan fingerprint density at radius 3 is 1.26 bits per heavy atom. The number of nitrogens with zero attached hydrogens (tertiary/aromatic N) is 2. The van der Waals surface area contributed by atoms with Crippen LogP contribution in [0.2, 0.25) is 0 Å². The third-order valence-corrected chi connectivity index (χ3v) is 14.6. The molecule has 5 rings (SSSR count). The molecular formula is C50H38Cl2F30N2. The van der Waals surface area contributed by atoms with Crippen LogP contribution in [-0.4, -0.2) is 108 Å². The highest BCUT2D eigenvalue weighted by Crippen LogP contribution is 2.65. The number of rotatable bonds is 17. The van der Waals surface area contributed by atoms with Crippen molar-refractivity contribution in [1.29, 1.82) is 0 Å². The molecule has 2 heterocycles. The molecule has 2 nitrogen and oxygen atoms in total. The summed E-state index contributed by atoms with van der Waals surface area (Å²) >= 11 is 6.83. The maximum atomic E-state index is 14.7. The van der Waals surface area contributed by atoms with E-state index < -0.39 is 118 Å². The molecule has 1 aliphatic carbocycles. The van der Waals surface area contributed by atoms with Crippen LogP contribution in [0, 0.1) is 0 Å². The van der Waals surface area contributed by atoms with Gasteiger partial charge in [0.2, 0.25) is 5.69 Å². The first-order chi connectivity index (χ1) is 36.8. The van der Waals surface area contributed by atoms with E-state index in [4.69, 9.17) is 11.6 Å². The van der Waals surface area contributed by atoms with Gasteiger partial charge in [0, 0.05) is 46.6 Å². The number of likely N-dealkylation sites (N-methyl/N-ethyl adjacent to an activating group) is 1. The van der Waals surface area contributed by atoms with Gasteiger partial charge in [0.25, 0.3) is 0 Å². The molecule has 0 N–H and O–H groups in total. The molecule has 0 saturated carbocycles. The van der Waals surface area contributed by atoms with E-state index >= 15 is 0 Å². The average molecular weight is 1310 g/mol. The van der Waals surface area contributed by atoms with Gasteiger partial charge in [-0.15, -0.1) is 0 Å². The quantitative estimate of drug-likeness (QED) is 0.113. The molecule has 0 atom stereocenters. The first-order valence-electron chi connectivity index (χ1n) is 23.0. The lowest BCUT2D eigenvalue weighted by Crippen LogP contribution is -3.00. The third kappa shape index (κ3) is 10.5. The van der Waals surface area contributed by atoms with Crippen LogP contribution in [0.5, 0.6) is 0 Å². The van der Waals surface area contributed by atoms with Gasteiger partial charge in [0.05, 0.1) is 5.41 Å². The zero-order valence-electron chi connectivity index (χ0n) is 42.7. The average Bonchev–Trinajstić information content (AvgIpc) is 1.49. The molecule has 2 aromatic carbocycles. The minimum Gasteiger partial charge on any atom is -1.00 e. The second kappa shape index (κ2) is 21.3. The molecule has 2 aliphatic heterocycles. The first kappa shape index (κ1) is 71.3. The largest absolute Gasteiger partial charge is 1.00 e. The Hall–Kier alpha value is -5.17. The highest BCUT2D eigenvalue weighted by Gasteiger charge is 2.94. The Balaban J connectivity index is 0.0000151. The number of anilines is 1. The molecule has 0 unspecified atom stereocenters. The Morgan fingerprint density at radius 2 is 0.845 bits per heavy atom. The van der Waals surface area contributed by atoms with Crippen LogP contribution in [0.15, 0.2) is 94.7 Å². The van der Waals surface area contributed by atoms with E-state index in [1.807, 2.05) is 0 Å². The molecule has 0 aromatic heterocycles. The zero-order valence-corrected chi connectivity index (χ0v) is 44.2. The first-order valence-corrected chi connectivity index (χ1v) is 23.4. The lowest BCUT2D eigenvalue weighted by atomic mass is 9.80. The summed E-state index contributed by atoms with van der Waals surface area (Å²) in [6.07, 6.45) is -10.7. The van der Waals surface area contributed by atoms with Crippen LogP contribution < -0.4 is 17.3 Å². The monoisotopic (exact) mass is 1310 g/mol. The van der Waals surface area contributed by atoms with E-state index in [0.717, 1.165) is 24.3 Å². The van der Waals surface area contributed by atoms with Crippen LogP contribution in [0.1, 0.15) is 69.2 Å². The van der Waals surface area contributed by atoms with E-state index in [1.165, 1.54) is 75.6 Å². The summed E-state index contributed by atoms with van der Waals surface area (Å²) in [7, 11) is 2.97. The summed E-state index contributed by atoms with van der Waals surface area (Å²) in [5.41, 5.74) is -0.821. The zero-order chi connectivity index (χ0) is 64.5. The van der Waals surface area contributed by atoms with Crippen LogP contribution >= 0.6 is 11.6 Å². The fraction of sp³-hybridized carbons (Fsp3) is 0.500. The van der Waals surface area contributed by atoms with Crippen LogP contribution in [0.25, 0.3) is 12.2 Å². The summed E-state index contributed by atoms with van der Waals surface area (Å²) in [4.78, 5) is 1.53. The predicted octanol–water partition coefficient (Wildman–Crippen LogP) is 15.9. The van der Waals surface area contributed by atoms with Crippen LogP contribution in [-0.2, 0) is 10.8 Å². The molecule has 0 spiro atoms. The number of benzene rings is 2.